The van der Waals surface area contributed by atoms with Gasteiger partial charge < -0.3 is 9.84 Å². The fourth-order valence-electron chi connectivity index (χ4n) is 1.87. The molecule has 0 aliphatic carbocycles. The first-order chi connectivity index (χ1) is 8.95. The number of aromatic nitrogens is 2. The maximum atomic E-state index is 4.63. The van der Waals surface area contributed by atoms with E-state index in [1.807, 2.05) is 18.2 Å². The Labute approximate surface area is 107 Å². The molecule has 1 N–H and O–H groups in total. The van der Waals surface area contributed by atoms with Gasteiger partial charge in [-0.1, -0.05) is 36.8 Å². The van der Waals surface area contributed by atoms with Crippen LogP contribution in [0.15, 0.2) is 41.1 Å². The van der Waals surface area contributed by atoms with E-state index in [2.05, 4.69) is 32.3 Å². The Morgan fingerprint density at radius 1 is 1.06 bits per heavy atom. The lowest BCUT2D eigenvalue weighted by atomic mass is 10.1. The monoisotopic (exact) mass is 245 g/mol. The third-order valence-corrected chi connectivity index (χ3v) is 2.84. The molecule has 0 bridgehead atoms. The first-order valence-corrected chi connectivity index (χ1v) is 6.46. The van der Waals surface area contributed by atoms with Crippen molar-refractivity contribution < 1.29 is 4.52 Å². The fourth-order valence-corrected chi connectivity index (χ4v) is 1.87. The Kier molecular flexibility index (Phi) is 5.40. The Balaban J connectivity index is 0.000000169. The van der Waals surface area contributed by atoms with Crippen molar-refractivity contribution in [2.24, 2.45) is 0 Å². The lowest BCUT2D eigenvalue weighted by Crippen LogP contribution is -2.21. The molecule has 0 spiro atoms. The van der Waals surface area contributed by atoms with Gasteiger partial charge in [0.15, 0.2) is 0 Å². The van der Waals surface area contributed by atoms with Gasteiger partial charge in [0.05, 0.1) is 0 Å². The highest BCUT2D eigenvalue weighted by Crippen LogP contribution is 2.04. The molecule has 3 rings (SSSR count). The van der Waals surface area contributed by atoms with Crippen LogP contribution in [0.2, 0.25) is 0 Å². The van der Waals surface area contributed by atoms with Gasteiger partial charge in [-0.2, -0.15) is 0 Å². The van der Waals surface area contributed by atoms with Crippen molar-refractivity contribution in [3.05, 3.63) is 47.9 Å². The fraction of sp³-hybridized carbons (Fsp3) is 0.429. The average molecular weight is 245 g/mol. The summed E-state index contributed by atoms with van der Waals surface area (Å²) in [5.74, 6) is 0. The van der Waals surface area contributed by atoms with E-state index >= 15 is 0 Å². The second-order valence-electron chi connectivity index (χ2n) is 4.37. The minimum atomic E-state index is 0.782. The van der Waals surface area contributed by atoms with Crippen LogP contribution in [0.25, 0.3) is 0 Å². The molecule has 0 radical (unpaired) electrons. The van der Waals surface area contributed by atoms with E-state index in [4.69, 9.17) is 0 Å². The highest BCUT2D eigenvalue weighted by atomic mass is 16.5. The number of hydrogen-bond acceptors (Lipinski definition) is 4. The van der Waals surface area contributed by atoms with Crippen LogP contribution in [0, 0.1) is 0 Å². The van der Waals surface area contributed by atoms with Gasteiger partial charge in [-0.3, -0.25) is 0 Å². The molecule has 1 aromatic heterocycles. The van der Waals surface area contributed by atoms with Crippen LogP contribution in [-0.2, 0) is 6.42 Å². The van der Waals surface area contributed by atoms with Crippen LogP contribution < -0.4 is 5.32 Å². The van der Waals surface area contributed by atoms with E-state index in [1.54, 1.807) is 6.26 Å². The number of nitrogens with one attached hydrogen (secondary N) is 1. The maximum Gasteiger partial charge on any atom is 0.147 e. The Morgan fingerprint density at radius 3 is 2.33 bits per heavy atom. The number of benzene rings is 1. The van der Waals surface area contributed by atoms with Gasteiger partial charge >= 0.3 is 0 Å². The summed E-state index contributed by atoms with van der Waals surface area (Å²) in [6.07, 6.45) is 6.56. The molecule has 1 aromatic carbocycles. The molecule has 1 fully saturated rings. The van der Waals surface area contributed by atoms with Gasteiger partial charge in [0.1, 0.15) is 12.0 Å². The number of hydrogen-bond donors (Lipinski definition) is 1. The Bertz CT molecular complexity index is 398. The first-order valence-electron chi connectivity index (χ1n) is 6.46. The predicted octanol–water partition coefficient (Wildman–Crippen LogP) is 2.42. The van der Waals surface area contributed by atoms with Crippen LogP contribution in [-0.4, -0.2) is 23.5 Å². The van der Waals surface area contributed by atoms with Gasteiger partial charge in [-0.15, -0.1) is 5.10 Å². The summed E-state index contributed by atoms with van der Waals surface area (Å²) in [6, 6.07) is 10.1. The number of rotatable bonds is 2. The second-order valence-corrected chi connectivity index (χ2v) is 4.37. The van der Waals surface area contributed by atoms with Crippen molar-refractivity contribution in [1.82, 2.24) is 15.7 Å². The van der Waals surface area contributed by atoms with Crippen molar-refractivity contribution in [2.75, 3.05) is 13.1 Å². The van der Waals surface area contributed by atoms with E-state index < -0.39 is 0 Å². The summed E-state index contributed by atoms with van der Waals surface area (Å²) in [7, 11) is 0. The highest BCUT2D eigenvalue weighted by Gasteiger charge is 1.98. The normalized spacial score (nSPS) is 14.7. The summed E-state index contributed by atoms with van der Waals surface area (Å²) >= 11 is 0. The van der Waals surface area contributed by atoms with E-state index in [1.165, 1.54) is 37.9 Å². The smallest absolute Gasteiger partial charge is 0.147 e. The maximum absolute atomic E-state index is 4.63. The van der Waals surface area contributed by atoms with Gasteiger partial charge in [0.2, 0.25) is 0 Å². The molecule has 2 heterocycles. The molecule has 18 heavy (non-hydrogen) atoms. The summed E-state index contributed by atoms with van der Waals surface area (Å²) in [4.78, 5) is 0. The molecule has 0 atom stereocenters. The minimum Gasteiger partial charge on any atom is -0.345 e. The van der Waals surface area contributed by atoms with E-state index in [9.17, 15) is 0 Å². The van der Waals surface area contributed by atoms with Crippen LogP contribution in [0.3, 0.4) is 0 Å². The molecular formula is C14H19N3O. The van der Waals surface area contributed by atoms with Crippen molar-refractivity contribution in [2.45, 2.75) is 25.7 Å². The Morgan fingerprint density at radius 2 is 1.83 bits per heavy atom. The topological polar surface area (TPSA) is 51.0 Å². The molecule has 4 heteroatoms. The van der Waals surface area contributed by atoms with Crippen molar-refractivity contribution >= 4 is 0 Å². The van der Waals surface area contributed by atoms with Gasteiger partial charge in [0.25, 0.3) is 0 Å². The third kappa shape index (κ3) is 4.67. The van der Waals surface area contributed by atoms with Gasteiger partial charge in [-0.25, -0.2) is 0 Å². The van der Waals surface area contributed by atoms with Crippen LogP contribution >= 0.6 is 0 Å². The van der Waals surface area contributed by atoms with Crippen LogP contribution in [0.1, 0.15) is 30.5 Å². The zero-order chi connectivity index (χ0) is 12.5. The first kappa shape index (κ1) is 12.8. The van der Waals surface area contributed by atoms with Gasteiger partial charge in [0, 0.05) is 11.7 Å². The van der Waals surface area contributed by atoms with E-state index in [0.29, 0.717) is 0 Å². The largest absolute Gasteiger partial charge is 0.345 e. The number of nitrogens with zero attached hydrogens (tertiary/aromatic N) is 2. The van der Waals surface area contributed by atoms with Crippen molar-refractivity contribution in [1.29, 1.82) is 0 Å². The molecule has 1 aliphatic heterocycles. The quantitative estimate of drug-likeness (QED) is 0.882. The second kappa shape index (κ2) is 7.61. The molecule has 1 saturated heterocycles. The SMILES string of the molecule is C1CCNCC1.c1ccc(Cc2conn2)cc1. The molecule has 96 valence electrons. The minimum absolute atomic E-state index is 0.782. The zero-order valence-electron chi connectivity index (χ0n) is 10.5. The molecule has 0 unspecified atom stereocenters. The summed E-state index contributed by atoms with van der Waals surface area (Å²) in [6.45, 7) is 2.50. The summed E-state index contributed by atoms with van der Waals surface area (Å²) in [5.41, 5.74) is 2.08. The van der Waals surface area contributed by atoms with Crippen LogP contribution in [0.4, 0.5) is 0 Å². The summed E-state index contributed by atoms with van der Waals surface area (Å²) in [5, 5.41) is 10.5. The molecule has 2 aromatic rings. The van der Waals surface area contributed by atoms with Crippen LogP contribution in [0.5, 0.6) is 0 Å². The standard InChI is InChI=1S/C9H8N2O.C5H11N/c1-2-4-8(5-3-1)6-9-7-12-11-10-9;1-2-4-6-5-3-1/h1-5,7H,6H2;6H,1-5H2. The lowest BCUT2D eigenvalue weighted by Gasteiger charge is -2.08. The molecular weight excluding hydrogens is 226 g/mol. The summed E-state index contributed by atoms with van der Waals surface area (Å²) < 4.78 is 4.63. The molecule has 0 saturated carbocycles. The molecule has 0 amide bonds. The average Bonchev–Trinajstić information content (AvgIpc) is 2.96. The lowest BCUT2D eigenvalue weighted by molar-refractivity contribution is 0.392. The van der Waals surface area contributed by atoms with Crippen molar-refractivity contribution in [3.8, 4) is 0 Å². The third-order valence-electron chi connectivity index (χ3n) is 2.84. The van der Waals surface area contributed by atoms with Crippen molar-refractivity contribution in [3.63, 3.8) is 0 Å². The van der Waals surface area contributed by atoms with Gasteiger partial charge in [-0.05, 0) is 31.5 Å². The molecule has 1 aliphatic rings. The Hall–Kier alpha value is -1.68. The number of piperidine rings is 1. The predicted molar refractivity (Wildman–Crippen MR) is 70.3 cm³/mol. The van der Waals surface area contributed by atoms with E-state index in [0.717, 1.165) is 12.1 Å². The highest BCUT2D eigenvalue weighted by molar-refractivity contribution is 5.19. The zero-order valence-corrected chi connectivity index (χ0v) is 10.5. The van der Waals surface area contributed by atoms with E-state index in [-0.39, 0.29) is 0 Å². The molecule has 4 nitrogen and oxygen atoms in total.